The molecule has 0 radical (unpaired) electrons. The van der Waals surface area contributed by atoms with Crippen molar-refractivity contribution in [2.24, 2.45) is 0 Å². The van der Waals surface area contributed by atoms with Crippen LogP contribution >= 0.6 is 0 Å². The minimum Gasteiger partial charge on any atom is -0.444 e. The van der Waals surface area contributed by atoms with Crippen LogP contribution in [0.2, 0.25) is 0 Å². The van der Waals surface area contributed by atoms with Crippen LogP contribution in [0.15, 0.2) is 11.8 Å². The van der Waals surface area contributed by atoms with Crippen molar-refractivity contribution < 1.29 is 9.53 Å². The summed E-state index contributed by atoms with van der Waals surface area (Å²) in [5, 5.41) is 0. The van der Waals surface area contributed by atoms with E-state index in [1.165, 1.54) is 5.70 Å². The largest absolute Gasteiger partial charge is 0.444 e. The molecule has 0 aromatic rings. The third kappa shape index (κ3) is 2.40. The van der Waals surface area contributed by atoms with Crippen molar-refractivity contribution in [2.45, 2.75) is 52.3 Å². The molecule has 0 bridgehead atoms. The molecule has 2 atom stereocenters. The highest BCUT2D eigenvalue weighted by Gasteiger charge is 2.55. The van der Waals surface area contributed by atoms with Gasteiger partial charge in [-0.15, -0.1) is 0 Å². The average molecular weight is 238 g/mol. The van der Waals surface area contributed by atoms with Gasteiger partial charge >= 0.3 is 6.09 Å². The van der Waals surface area contributed by atoms with Gasteiger partial charge in [0.05, 0.1) is 12.1 Å². The highest BCUT2D eigenvalue weighted by Crippen LogP contribution is 2.39. The lowest BCUT2D eigenvalue weighted by molar-refractivity contribution is 0.0264. The number of piperazine rings is 1. The number of hydrogen-bond donors (Lipinski definition) is 0. The molecule has 0 aromatic heterocycles. The number of ether oxygens (including phenoxy) is 1. The van der Waals surface area contributed by atoms with Gasteiger partial charge in [-0.2, -0.15) is 0 Å². The van der Waals surface area contributed by atoms with E-state index in [9.17, 15) is 4.79 Å². The number of rotatable bonds is 1. The predicted molar refractivity (Wildman–Crippen MR) is 66.7 cm³/mol. The summed E-state index contributed by atoms with van der Waals surface area (Å²) < 4.78 is 5.37. The van der Waals surface area contributed by atoms with Crippen molar-refractivity contribution in [3.63, 3.8) is 0 Å². The average Bonchev–Trinajstić information content (AvgIpc) is 2.69. The maximum atomic E-state index is 11.8. The Morgan fingerprint density at radius 1 is 1.29 bits per heavy atom. The Hall–Kier alpha value is -1.19. The molecular formula is C13H22N2O2. The van der Waals surface area contributed by atoms with Crippen LogP contribution in [-0.2, 0) is 4.74 Å². The van der Waals surface area contributed by atoms with Gasteiger partial charge in [0.15, 0.2) is 0 Å². The third-order valence-corrected chi connectivity index (χ3v) is 3.36. The summed E-state index contributed by atoms with van der Waals surface area (Å²) >= 11 is 0. The summed E-state index contributed by atoms with van der Waals surface area (Å²) in [4.78, 5) is 16.0. The number of allylic oxidation sites excluding steroid dienone is 2. The first-order valence-corrected chi connectivity index (χ1v) is 6.22. The van der Waals surface area contributed by atoms with Gasteiger partial charge in [-0.1, -0.05) is 6.08 Å². The minimum atomic E-state index is -0.400. The molecule has 2 aliphatic heterocycles. The standard InChI is InChI=1S/C13H22N2O2/c1-6-9(2)15-10-7-14(8-11(10)15)12(16)17-13(3,4)5/h6,10-11H,7-8H2,1-5H3. The summed E-state index contributed by atoms with van der Waals surface area (Å²) in [6, 6.07) is 1.03. The first-order chi connectivity index (χ1) is 7.83. The van der Waals surface area contributed by atoms with E-state index in [4.69, 9.17) is 4.74 Å². The molecule has 1 amide bonds. The Morgan fingerprint density at radius 3 is 2.24 bits per heavy atom. The Bertz CT molecular complexity index is 345. The number of carbonyl (C=O) groups is 1. The first-order valence-electron chi connectivity index (χ1n) is 6.22. The van der Waals surface area contributed by atoms with Gasteiger partial charge in [-0.05, 0) is 34.6 Å². The molecule has 4 nitrogen and oxygen atoms in total. The van der Waals surface area contributed by atoms with Gasteiger partial charge < -0.3 is 14.5 Å². The molecule has 0 aliphatic carbocycles. The molecule has 2 rings (SSSR count). The summed E-state index contributed by atoms with van der Waals surface area (Å²) in [7, 11) is 0. The quantitative estimate of drug-likeness (QED) is 0.657. The van der Waals surface area contributed by atoms with Crippen molar-refractivity contribution >= 4 is 6.09 Å². The molecule has 2 fully saturated rings. The lowest BCUT2D eigenvalue weighted by Crippen LogP contribution is -2.38. The molecule has 4 heteroatoms. The predicted octanol–water partition coefficient (Wildman–Crippen LogP) is 2.21. The van der Waals surface area contributed by atoms with Crippen molar-refractivity contribution in [1.29, 1.82) is 0 Å². The number of likely N-dealkylation sites (tertiary alicyclic amines) is 1. The van der Waals surface area contributed by atoms with E-state index in [0.717, 1.165) is 13.1 Å². The van der Waals surface area contributed by atoms with Crippen molar-refractivity contribution in [3.05, 3.63) is 11.8 Å². The van der Waals surface area contributed by atoms with E-state index in [-0.39, 0.29) is 6.09 Å². The third-order valence-electron chi connectivity index (χ3n) is 3.36. The zero-order valence-corrected chi connectivity index (χ0v) is 11.4. The van der Waals surface area contributed by atoms with Crippen molar-refractivity contribution in [1.82, 2.24) is 9.80 Å². The van der Waals surface area contributed by atoms with Gasteiger partial charge in [0.1, 0.15) is 5.60 Å². The molecule has 0 aromatic carbocycles. The number of hydrogen-bond acceptors (Lipinski definition) is 3. The topological polar surface area (TPSA) is 32.5 Å². The number of nitrogens with zero attached hydrogens (tertiary/aromatic N) is 2. The zero-order valence-electron chi connectivity index (χ0n) is 11.4. The molecule has 17 heavy (non-hydrogen) atoms. The Kier molecular flexibility index (Phi) is 2.84. The second-order valence-corrected chi connectivity index (χ2v) is 5.86. The van der Waals surface area contributed by atoms with E-state index in [1.807, 2.05) is 25.7 Å². The number of amides is 1. The van der Waals surface area contributed by atoms with Crippen LogP contribution in [0, 0.1) is 0 Å². The fraction of sp³-hybridized carbons (Fsp3) is 0.769. The van der Waals surface area contributed by atoms with Gasteiger partial charge in [0, 0.05) is 18.8 Å². The molecule has 2 heterocycles. The van der Waals surface area contributed by atoms with Crippen LogP contribution < -0.4 is 0 Å². The van der Waals surface area contributed by atoms with E-state index < -0.39 is 5.60 Å². The lowest BCUT2D eigenvalue weighted by Gasteiger charge is -2.26. The van der Waals surface area contributed by atoms with E-state index in [1.54, 1.807) is 0 Å². The van der Waals surface area contributed by atoms with Crippen LogP contribution in [0.4, 0.5) is 4.79 Å². The van der Waals surface area contributed by atoms with Crippen LogP contribution in [0.1, 0.15) is 34.6 Å². The van der Waals surface area contributed by atoms with Gasteiger partial charge in [-0.3, -0.25) is 0 Å². The maximum absolute atomic E-state index is 11.8. The van der Waals surface area contributed by atoms with Gasteiger partial charge in [-0.25, -0.2) is 4.79 Å². The first kappa shape index (κ1) is 12.3. The van der Waals surface area contributed by atoms with Crippen LogP contribution in [0.5, 0.6) is 0 Å². The normalized spacial score (nSPS) is 28.2. The molecule has 0 saturated carbocycles. The Labute approximate surface area is 103 Å². The molecule has 2 saturated heterocycles. The summed E-state index contributed by atoms with van der Waals surface area (Å²) in [6.45, 7) is 11.5. The Morgan fingerprint density at radius 2 is 1.82 bits per heavy atom. The van der Waals surface area contributed by atoms with Crippen LogP contribution in [-0.4, -0.2) is 46.7 Å². The van der Waals surface area contributed by atoms with Crippen molar-refractivity contribution in [2.75, 3.05) is 13.1 Å². The fourth-order valence-corrected chi connectivity index (χ4v) is 2.43. The van der Waals surface area contributed by atoms with E-state index in [2.05, 4.69) is 24.8 Å². The van der Waals surface area contributed by atoms with Crippen molar-refractivity contribution in [3.8, 4) is 0 Å². The molecule has 96 valence electrons. The second-order valence-electron chi connectivity index (χ2n) is 5.86. The number of fused-ring (bicyclic) bond motifs is 1. The monoisotopic (exact) mass is 238 g/mol. The van der Waals surface area contributed by atoms with Gasteiger partial charge in [0.2, 0.25) is 0 Å². The number of carbonyl (C=O) groups excluding carboxylic acids is 1. The van der Waals surface area contributed by atoms with Crippen LogP contribution in [0.3, 0.4) is 0 Å². The summed E-state index contributed by atoms with van der Waals surface area (Å²) in [5.41, 5.74) is 0.909. The maximum Gasteiger partial charge on any atom is 0.410 e. The Balaban J connectivity index is 1.85. The SMILES string of the molecule is CC=C(C)N1C2CN(C(=O)OC(C)(C)C)CC21. The molecule has 2 unspecified atom stereocenters. The van der Waals surface area contributed by atoms with E-state index in [0.29, 0.717) is 12.1 Å². The molecular weight excluding hydrogens is 216 g/mol. The highest BCUT2D eigenvalue weighted by molar-refractivity contribution is 5.69. The molecule has 2 aliphatic rings. The zero-order chi connectivity index (χ0) is 12.8. The smallest absolute Gasteiger partial charge is 0.410 e. The molecule has 0 spiro atoms. The highest BCUT2D eigenvalue weighted by atomic mass is 16.6. The van der Waals surface area contributed by atoms with E-state index >= 15 is 0 Å². The summed E-state index contributed by atoms with van der Waals surface area (Å²) in [6.07, 6.45) is 1.94. The summed E-state index contributed by atoms with van der Waals surface area (Å²) in [5.74, 6) is 0. The second kappa shape index (κ2) is 3.93. The minimum absolute atomic E-state index is 0.178. The molecule has 0 N–H and O–H groups in total. The van der Waals surface area contributed by atoms with Crippen LogP contribution in [0.25, 0.3) is 0 Å². The van der Waals surface area contributed by atoms with Gasteiger partial charge in [0.25, 0.3) is 0 Å². The fourth-order valence-electron chi connectivity index (χ4n) is 2.43. The lowest BCUT2D eigenvalue weighted by atomic mass is 10.2.